The largest absolute Gasteiger partial charge is 0.387 e. The van der Waals surface area contributed by atoms with E-state index in [0.717, 1.165) is 11.4 Å². The van der Waals surface area contributed by atoms with Gasteiger partial charge in [-0.3, -0.25) is 4.40 Å². The summed E-state index contributed by atoms with van der Waals surface area (Å²) in [7, 11) is 0. The fourth-order valence-corrected chi connectivity index (χ4v) is 2.58. The minimum atomic E-state index is -0.589. The Balaban J connectivity index is 1.54. The number of fused-ring (bicyclic) bond motifs is 1. The maximum absolute atomic E-state index is 10.2. The van der Waals surface area contributed by atoms with Gasteiger partial charge < -0.3 is 10.4 Å². The molecule has 1 aliphatic rings. The van der Waals surface area contributed by atoms with Crippen LogP contribution in [0.5, 0.6) is 0 Å². The lowest BCUT2D eigenvalue weighted by atomic mass is 10.1. The predicted molar refractivity (Wildman–Crippen MR) is 82.6 cm³/mol. The summed E-state index contributed by atoms with van der Waals surface area (Å²) in [6.45, 7) is 0.377. The van der Waals surface area contributed by atoms with E-state index in [1.54, 1.807) is 6.20 Å². The number of aromatic nitrogens is 4. The fourth-order valence-electron chi connectivity index (χ4n) is 2.58. The maximum atomic E-state index is 10.2. The fraction of sp³-hybridized carbons (Fsp3) is 0.312. The van der Waals surface area contributed by atoms with Crippen molar-refractivity contribution in [3.05, 3.63) is 54.1 Å². The highest BCUT2D eigenvalue weighted by Gasteiger charge is 2.29. The number of nitrogens with zero attached hydrogens (tertiary/aromatic N) is 4. The number of nitrogens with one attached hydrogen (secondary N) is 1. The number of hydrogen-bond acceptors (Lipinski definition) is 5. The van der Waals surface area contributed by atoms with Crippen molar-refractivity contribution < 1.29 is 5.11 Å². The molecule has 4 rings (SSSR count). The molecule has 2 N–H and O–H groups in total. The molecule has 1 aromatic carbocycles. The Bertz CT molecular complexity index is 782. The van der Waals surface area contributed by atoms with Crippen LogP contribution in [0.4, 0.5) is 5.82 Å². The Labute approximate surface area is 127 Å². The minimum Gasteiger partial charge on any atom is -0.387 e. The molecule has 1 unspecified atom stereocenters. The van der Waals surface area contributed by atoms with Gasteiger partial charge in [0.25, 0.3) is 0 Å². The first kappa shape index (κ1) is 13.2. The molecule has 2 aromatic heterocycles. The van der Waals surface area contributed by atoms with Crippen LogP contribution in [-0.4, -0.2) is 31.2 Å². The molecule has 0 saturated heterocycles. The van der Waals surface area contributed by atoms with Gasteiger partial charge in [-0.1, -0.05) is 30.3 Å². The molecule has 1 fully saturated rings. The average Bonchev–Trinajstić information content (AvgIpc) is 3.32. The van der Waals surface area contributed by atoms with E-state index in [1.807, 2.05) is 40.9 Å². The SMILES string of the molecule is OC(CNc1nccn2c(C3CC3)nnc12)c1ccccc1. The van der Waals surface area contributed by atoms with Gasteiger partial charge in [-0.15, -0.1) is 10.2 Å². The standard InChI is InChI=1S/C16H17N5O/c22-13(11-4-2-1-3-5-11)10-18-14-16-20-19-15(12-6-7-12)21(16)9-8-17-14/h1-5,8-9,12-13,22H,6-7,10H2,(H,17,18). The van der Waals surface area contributed by atoms with Gasteiger partial charge in [0, 0.05) is 24.9 Å². The lowest BCUT2D eigenvalue weighted by molar-refractivity contribution is 0.191. The molecule has 0 radical (unpaired) electrons. The summed E-state index contributed by atoms with van der Waals surface area (Å²) in [6.07, 6.45) is 5.40. The van der Waals surface area contributed by atoms with Crippen molar-refractivity contribution in [2.45, 2.75) is 24.9 Å². The summed E-state index contributed by atoms with van der Waals surface area (Å²) in [5.41, 5.74) is 1.59. The Morgan fingerprint density at radius 3 is 2.82 bits per heavy atom. The van der Waals surface area contributed by atoms with Crippen molar-refractivity contribution >= 4 is 11.5 Å². The highest BCUT2D eigenvalue weighted by Crippen LogP contribution is 2.39. The van der Waals surface area contributed by atoms with Crippen molar-refractivity contribution in [2.75, 3.05) is 11.9 Å². The van der Waals surface area contributed by atoms with Crippen molar-refractivity contribution in [3.63, 3.8) is 0 Å². The average molecular weight is 295 g/mol. The van der Waals surface area contributed by atoms with Crippen LogP contribution >= 0.6 is 0 Å². The Morgan fingerprint density at radius 2 is 2.05 bits per heavy atom. The molecule has 22 heavy (non-hydrogen) atoms. The van der Waals surface area contributed by atoms with Crippen LogP contribution in [0.15, 0.2) is 42.7 Å². The second-order valence-electron chi connectivity index (χ2n) is 5.61. The zero-order valence-electron chi connectivity index (χ0n) is 12.1. The van der Waals surface area contributed by atoms with Crippen molar-refractivity contribution in [3.8, 4) is 0 Å². The number of rotatable bonds is 5. The number of hydrogen-bond donors (Lipinski definition) is 2. The van der Waals surface area contributed by atoms with Gasteiger partial charge in [0.15, 0.2) is 5.82 Å². The number of aliphatic hydroxyl groups excluding tert-OH is 1. The lowest BCUT2D eigenvalue weighted by Gasteiger charge is -2.12. The molecule has 1 aliphatic carbocycles. The van der Waals surface area contributed by atoms with Gasteiger partial charge in [0.05, 0.1) is 6.10 Å². The molecule has 0 spiro atoms. The van der Waals surface area contributed by atoms with E-state index in [-0.39, 0.29) is 0 Å². The van der Waals surface area contributed by atoms with E-state index in [1.165, 1.54) is 12.8 Å². The van der Waals surface area contributed by atoms with Gasteiger partial charge in [-0.25, -0.2) is 4.98 Å². The van der Waals surface area contributed by atoms with Crippen LogP contribution in [0.1, 0.15) is 36.3 Å². The van der Waals surface area contributed by atoms with Crippen LogP contribution in [0, 0.1) is 0 Å². The van der Waals surface area contributed by atoms with Crippen LogP contribution in [-0.2, 0) is 0 Å². The molecule has 6 heteroatoms. The zero-order chi connectivity index (χ0) is 14.9. The quantitative estimate of drug-likeness (QED) is 0.754. The third-order valence-corrected chi connectivity index (χ3v) is 3.94. The van der Waals surface area contributed by atoms with Crippen LogP contribution in [0.25, 0.3) is 5.65 Å². The van der Waals surface area contributed by atoms with Crippen molar-refractivity contribution in [1.82, 2.24) is 19.6 Å². The van der Waals surface area contributed by atoms with Gasteiger partial charge in [-0.2, -0.15) is 0 Å². The van der Waals surface area contributed by atoms with E-state index >= 15 is 0 Å². The second-order valence-corrected chi connectivity index (χ2v) is 5.61. The summed E-state index contributed by atoms with van der Waals surface area (Å²) in [5, 5.41) is 21.9. The molecule has 0 bridgehead atoms. The van der Waals surface area contributed by atoms with E-state index < -0.39 is 6.10 Å². The predicted octanol–water partition coefficient (Wildman–Crippen LogP) is 2.15. The molecule has 3 aromatic rings. The van der Waals surface area contributed by atoms with Gasteiger partial charge in [0.1, 0.15) is 5.82 Å². The van der Waals surface area contributed by atoms with Gasteiger partial charge >= 0.3 is 0 Å². The molecule has 1 atom stereocenters. The minimum absolute atomic E-state index is 0.377. The first-order valence-corrected chi connectivity index (χ1v) is 7.49. The van der Waals surface area contributed by atoms with E-state index in [9.17, 15) is 5.11 Å². The Morgan fingerprint density at radius 1 is 1.23 bits per heavy atom. The molecule has 2 heterocycles. The molecule has 0 amide bonds. The smallest absolute Gasteiger partial charge is 0.203 e. The van der Waals surface area contributed by atoms with E-state index in [2.05, 4.69) is 20.5 Å². The Hall–Kier alpha value is -2.47. The molecule has 6 nitrogen and oxygen atoms in total. The monoisotopic (exact) mass is 295 g/mol. The highest BCUT2D eigenvalue weighted by atomic mass is 16.3. The highest BCUT2D eigenvalue weighted by molar-refractivity contribution is 5.62. The molecule has 112 valence electrons. The van der Waals surface area contributed by atoms with Crippen molar-refractivity contribution in [2.24, 2.45) is 0 Å². The molecular weight excluding hydrogens is 278 g/mol. The van der Waals surface area contributed by atoms with Crippen LogP contribution in [0.2, 0.25) is 0 Å². The second kappa shape index (κ2) is 5.38. The zero-order valence-corrected chi connectivity index (χ0v) is 12.1. The normalized spacial score (nSPS) is 15.9. The maximum Gasteiger partial charge on any atom is 0.203 e. The van der Waals surface area contributed by atoms with Crippen LogP contribution in [0.3, 0.4) is 0 Å². The summed E-state index contributed by atoms with van der Waals surface area (Å²) >= 11 is 0. The van der Waals surface area contributed by atoms with Gasteiger partial charge in [-0.05, 0) is 18.4 Å². The van der Waals surface area contributed by atoms with E-state index in [0.29, 0.717) is 23.9 Å². The number of anilines is 1. The number of benzene rings is 1. The van der Waals surface area contributed by atoms with E-state index in [4.69, 9.17) is 0 Å². The first-order chi connectivity index (χ1) is 10.8. The topological polar surface area (TPSA) is 75.3 Å². The van der Waals surface area contributed by atoms with Crippen LogP contribution < -0.4 is 5.32 Å². The lowest BCUT2D eigenvalue weighted by Crippen LogP contribution is -2.13. The van der Waals surface area contributed by atoms with Crippen molar-refractivity contribution in [1.29, 1.82) is 0 Å². The third-order valence-electron chi connectivity index (χ3n) is 3.94. The summed E-state index contributed by atoms with van der Waals surface area (Å²) in [6, 6.07) is 9.57. The summed E-state index contributed by atoms with van der Waals surface area (Å²) in [5.74, 6) is 2.18. The third kappa shape index (κ3) is 2.42. The van der Waals surface area contributed by atoms with Gasteiger partial charge in [0.2, 0.25) is 5.65 Å². The molecule has 0 aliphatic heterocycles. The summed E-state index contributed by atoms with van der Waals surface area (Å²) in [4.78, 5) is 4.32. The summed E-state index contributed by atoms with van der Waals surface area (Å²) < 4.78 is 1.99. The Kier molecular flexibility index (Phi) is 3.23. The molecule has 1 saturated carbocycles. The number of aliphatic hydroxyl groups is 1. The molecular formula is C16H17N5O. The first-order valence-electron chi connectivity index (χ1n) is 7.49.